The van der Waals surface area contributed by atoms with Crippen LogP contribution in [-0.2, 0) is 33.5 Å². The van der Waals surface area contributed by atoms with Crippen molar-refractivity contribution in [3.8, 4) is 11.4 Å². The summed E-state index contributed by atoms with van der Waals surface area (Å²) in [5.74, 6) is 0.998. The molecule has 0 radical (unpaired) electrons. The molecule has 5 heterocycles. The van der Waals surface area contributed by atoms with Crippen molar-refractivity contribution >= 4 is 78.1 Å². The zero-order chi connectivity index (χ0) is 47.6. The maximum atomic E-state index is 5.87. The van der Waals surface area contributed by atoms with Gasteiger partial charge in [-0.3, -0.25) is 9.88 Å². The van der Waals surface area contributed by atoms with Gasteiger partial charge in [0, 0.05) is 43.8 Å². The number of unbranched alkanes of at least 4 members (excludes halogenated alkanes) is 1. The zero-order valence-electron chi connectivity index (χ0n) is 42.8. The highest BCUT2D eigenvalue weighted by molar-refractivity contribution is 7.33. The molecule has 6 heteroatoms. The average molecular weight is 903 g/mol. The van der Waals surface area contributed by atoms with Crippen molar-refractivity contribution < 1.29 is 0 Å². The fourth-order valence-corrected chi connectivity index (χ4v) is 12.9. The maximum Gasteiger partial charge on any atom is 0.266 e. The SMILES string of the molecule is CCCCC(C)(C)c1ccc(N2c3cc4c(cc3B3c5sc6ccc(C(C)(C)C)cc6c5N(c5ccc(C(C)(C)C)cc5)c5cc(-c6ccccn6)nc2c53)C(C)(C)CCC4(C)C)cc1CC. The Morgan fingerprint density at radius 1 is 0.672 bits per heavy atom. The lowest BCUT2D eigenvalue weighted by Crippen LogP contribution is -2.61. The fourth-order valence-electron chi connectivity index (χ4n) is 11.6. The van der Waals surface area contributed by atoms with Crippen LogP contribution in [0.5, 0.6) is 0 Å². The van der Waals surface area contributed by atoms with Gasteiger partial charge >= 0.3 is 0 Å². The van der Waals surface area contributed by atoms with E-state index in [4.69, 9.17) is 9.97 Å². The van der Waals surface area contributed by atoms with Crippen LogP contribution >= 0.6 is 11.3 Å². The van der Waals surface area contributed by atoms with Crippen molar-refractivity contribution in [2.75, 3.05) is 9.80 Å². The van der Waals surface area contributed by atoms with Crippen LogP contribution in [-0.4, -0.2) is 16.7 Å². The number of aromatic nitrogens is 2. The lowest BCUT2D eigenvalue weighted by atomic mass is 9.36. The lowest BCUT2D eigenvalue weighted by Gasteiger charge is -2.46. The maximum absolute atomic E-state index is 5.87. The summed E-state index contributed by atoms with van der Waals surface area (Å²) < 4.78 is 2.71. The molecule has 0 fully saturated rings. The van der Waals surface area contributed by atoms with Crippen molar-refractivity contribution in [3.63, 3.8) is 0 Å². The second-order valence-electron chi connectivity index (χ2n) is 24.1. The fraction of sp³-hybridized carbons (Fsp3) is 0.410. The molecule has 0 saturated heterocycles. The van der Waals surface area contributed by atoms with E-state index in [2.05, 4.69) is 198 Å². The highest BCUT2D eigenvalue weighted by Crippen LogP contribution is 2.52. The molecule has 3 aliphatic rings. The van der Waals surface area contributed by atoms with E-state index in [9.17, 15) is 0 Å². The summed E-state index contributed by atoms with van der Waals surface area (Å²) in [6.07, 6.45) is 8.78. The van der Waals surface area contributed by atoms with Gasteiger partial charge in [0.2, 0.25) is 0 Å². The van der Waals surface area contributed by atoms with Crippen molar-refractivity contribution in [1.82, 2.24) is 9.97 Å². The minimum absolute atomic E-state index is 0.00843. The highest BCUT2D eigenvalue weighted by Gasteiger charge is 2.49. The van der Waals surface area contributed by atoms with Crippen molar-refractivity contribution in [2.45, 2.75) is 163 Å². The molecule has 0 atom stereocenters. The first kappa shape index (κ1) is 45.6. The third kappa shape index (κ3) is 7.56. The van der Waals surface area contributed by atoms with E-state index in [-0.39, 0.29) is 33.8 Å². The first-order valence-corrected chi connectivity index (χ1v) is 26.0. The van der Waals surface area contributed by atoms with E-state index in [1.54, 1.807) is 0 Å². The smallest absolute Gasteiger partial charge is 0.266 e. The molecule has 0 unspecified atom stereocenters. The molecule has 0 N–H and O–H groups in total. The van der Waals surface area contributed by atoms with Crippen LogP contribution in [0.1, 0.15) is 162 Å². The molecular formula is C61H71BN4S. The Balaban J connectivity index is 1.35. The number of nitrogens with zero attached hydrogens (tertiary/aromatic N) is 4. The molecule has 0 bridgehead atoms. The Morgan fingerprint density at radius 3 is 1.99 bits per heavy atom. The standard InChI is InChI=1S/C61H71BN4S/c1-15-17-29-59(9,10)44-27-26-42(33-38(44)16-2)66-50-36-46-45(60(11,12)30-31-61(46,13)14)35-47(50)62-53-51(37-49(64-56(53)66)48-20-18-19-32-63-48)65(41-24-21-39(22-25-41)57(3,4)5)54-43-34-40(58(6,7)8)23-28-52(43)67-55(54)62/h18-28,32-37H,15-17,29-31H2,1-14H3. The van der Waals surface area contributed by atoms with Gasteiger partial charge in [-0.15, -0.1) is 11.3 Å². The Labute approximate surface area is 406 Å². The van der Waals surface area contributed by atoms with Crippen LogP contribution in [0.3, 0.4) is 0 Å². The minimum Gasteiger partial charge on any atom is -0.310 e. The molecule has 0 amide bonds. The van der Waals surface area contributed by atoms with Gasteiger partial charge in [0.1, 0.15) is 5.82 Å². The third-order valence-corrected chi connectivity index (χ3v) is 17.1. The first-order valence-electron chi connectivity index (χ1n) is 25.2. The number of rotatable bonds is 8. The molecule has 0 saturated carbocycles. The molecule has 4 aromatic carbocycles. The average Bonchev–Trinajstić information content (AvgIpc) is 3.67. The lowest BCUT2D eigenvalue weighted by molar-refractivity contribution is 0.332. The molecule has 1 aliphatic carbocycles. The zero-order valence-corrected chi connectivity index (χ0v) is 43.6. The number of benzene rings is 4. The molecule has 2 aliphatic heterocycles. The molecule has 0 spiro atoms. The summed E-state index contributed by atoms with van der Waals surface area (Å²) in [4.78, 5) is 16.0. The molecule has 7 aromatic rings. The van der Waals surface area contributed by atoms with Gasteiger partial charge in [-0.1, -0.05) is 146 Å². The van der Waals surface area contributed by atoms with Gasteiger partial charge in [0.05, 0.1) is 17.1 Å². The summed E-state index contributed by atoms with van der Waals surface area (Å²) in [5, 5.41) is 1.31. The predicted octanol–water partition coefficient (Wildman–Crippen LogP) is 15.4. The van der Waals surface area contributed by atoms with Crippen LogP contribution < -0.4 is 25.5 Å². The second kappa shape index (κ2) is 15.9. The van der Waals surface area contributed by atoms with Crippen LogP contribution in [0.25, 0.3) is 21.5 Å². The van der Waals surface area contributed by atoms with Crippen LogP contribution in [0.15, 0.2) is 103 Å². The topological polar surface area (TPSA) is 32.3 Å². The summed E-state index contributed by atoms with van der Waals surface area (Å²) in [7, 11) is 0. The number of hydrogen-bond acceptors (Lipinski definition) is 5. The number of anilines is 6. The number of aryl methyl sites for hydroxylation is 1. The summed E-state index contributed by atoms with van der Waals surface area (Å²) in [6.45, 7) is 33.3. The Hall–Kier alpha value is -5.20. The van der Waals surface area contributed by atoms with E-state index in [0.29, 0.717) is 0 Å². The molecule has 344 valence electrons. The Kier molecular flexibility index (Phi) is 10.8. The van der Waals surface area contributed by atoms with Crippen molar-refractivity contribution in [3.05, 3.63) is 137 Å². The van der Waals surface area contributed by atoms with Crippen LogP contribution in [0.2, 0.25) is 0 Å². The van der Waals surface area contributed by atoms with Gasteiger partial charge < -0.3 is 4.90 Å². The van der Waals surface area contributed by atoms with Gasteiger partial charge in [-0.25, -0.2) is 4.98 Å². The van der Waals surface area contributed by atoms with E-state index >= 15 is 0 Å². The van der Waals surface area contributed by atoms with Gasteiger partial charge in [0.25, 0.3) is 6.71 Å². The third-order valence-electron chi connectivity index (χ3n) is 15.9. The Bertz CT molecular complexity index is 3050. The van der Waals surface area contributed by atoms with Gasteiger partial charge in [-0.2, -0.15) is 0 Å². The van der Waals surface area contributed by atoms with Gasteiger partial charge in [0.15, 0.2) is 0 Å². The van der Waals surface area contributed by atoms with Crippen molar-refractivity contribution in [1.29, 1.82) is 0 Å². The largest absolute Gasteiger partial charge is 0.310 e. The van der Waals surface area contributed by atoms with E-state index < -0.39 is 0 Å². The number of thiophene rings is 1. The second-order valence-corrected chi connectivity index (χ2v) is 25.1. The normalized spacial score (nSPS) is 16.2. The van der Waals surface area contributed by atoms with E-state index in [0.717, 1.165) is 42.2 Å². The molecule has 4 nitrogen and oxygen atoms in total. The number of hydrogen-bond donors (Lipinski definition) is 0. The molecule has 10 rings (SSSR count). The van der Waals surface area contributed by atoms with E-state index in [1.807, 2.05) is 23.6 Å². The minimum atomic E-state index is -0.0267. The predicted molar refractivity (Wildman–Crippen MR) is 291 cm³/mol. The molecule has 67 heavy (non-hydrogen) atoms. The van der Waals surface area contributed by atoms with E-state index in [1.165, 1.54) is 101 Å². The summed E-state index contributed by atoms with van der Waals surface area (Å²) in [5.41, 5.74) is 19.1. The molecule has 3 aromatic heterocycles. The van der Waals surface area contributed by atoms with Crippen molar-refractivity contribution in [2.24, 2.45) is 0 Å². The number of pyridine rings is 2. The summed E-state index contributed by atoms with van der Waals surface area (Å²) in [6, 6.07) is 37.9. The highest BCUT2D eigenvalue weighted by atomic mass is 32.1. The number of fused-ring (bicyclic) bond motifs is 7. The summed E-state index contributed by atoms with van der Waals surface area (Å²) >= 11 is 1.98. The monoisotopic (exact) mass is 903 g/mol. The van der Waals surface area contributed by atoms with Crippen LogP contribution in [0, 0.1) is 0 Å². The van der Waals surface area contributed by atoms with Crippen LogP contribution in [0.4, 0.5) is 34.3 Å². The quantitative estimate of drug-likeness (QED) is 0.142. The Morgan fingerprint density at radius 2 is 1.34 bits per heavy atom. The van der Waals surface area contributed by atoms with Gasteiger partial charge in [-0.05, 0) is 158 Å². The first-order chi connectivity index (χ1) is 31.6. The molecular weight excluding hydrogens is 832 g/mol.